The number of piperazine rings is 1. The fourth-order valence-corrected chi connectivity index (χ4v) is 4.39. The molecule has 3 heteroatoms. The Labute approximate surface area is 137 Å². The highest BCUT2D eigenvalue weighted by Gasteiger charge is 2.36. The smallest absolute Gasteiger partial charge is 0.116 e. The quantitative estimate of drug-likeness (QED) is 0.745. The molecular weight excluding hydrogens is 272 g/mol. The number of nitrogens with zero attached hydrogens (tertiary/aromatic N) is 2. The molecule has 2 aliphatic carbocycles. The number of hydrogen-bond donors (Lipinski definition) is 0. The van der Waals surface area contributed by atoms with Crippen LogP contribution in [0.2, 0.25) is 0 Å². The molecule has 0 radical (unpaired) electrons. The fourth-order valence-electron chi connectivity index (χ4n) is 4.39. The number of rotatable bonds is 3. The van der Waals surface area contributed by atoms with Gasteiger partial charge in [-0.25, -0.2) is 0 Å². The van der Waals surface area contributed by atoms with Crippen LogP contribution in [0.15, 0.2) is 0 Å². The summed E-state index contributed by atoms with van der Waals surface area (Å²) in [5.41, 5.74) is 0. The minimum atomic E-state index is 0.750. The van der Waals surface area contributed by atoms with Crippen molar-refractivity contribution in [1.29, 1.82) is 0 Å². The summed E-state index contributed by atoms with van der Waals surface area (Å²) < 4.78 is 0. The second-order valence-corrected chi connectivity index (χ2v) is 7.73. The molecule has 128 valence electrons. The molecule has 3 fully saturated rings. The van der Waals surface area contributed by atoms with Crippen molar-refractivity contribution in [2.75, 3.05) is 26.2 Å². The zero-order chi connectivity index (χ0) is 15.9. The zero-order valence-electron chi connectivity index (χ0n) is 15.0. The van der Waals surface area contributed by atoms with Crippen LogP contribution in [0, 0.1) is 11.8 Å². The van der Waals surface area contributed by atoms with E-state index in [1.165, 1.54) is 78.0 Å². The molecule has 1 aliphatic heterocycles. The molecule has 0 amide bonds. The van der Waals surface area contributed by atoms with Crippen LogP contribution in [0.25, 0.3) is 0 Å². The second kappa shape index (κ2) is 9.02. The minimum absolute atomic E-state index is 0.750. The van der Waals surface area contributed by atoms with Gasteiger partial charge in [0.25, 0.3) is 0 Å². The van der Waals surface area contributed by atoms with E-state index < -0.39 is 0 Å². The standard InChI is InChI=1S/C17H32N2.C2H4O/c1-14(2)15-12-17(13-15)19-10-8-18(9-11-19)16-6-4-3-5-7-16;1-2-3/h14-17H,3-13H2,1-2H3;2H,1H3. The molecule has 0 atom stereocenters. The van der Waals surface area contributed by atoms with Crippen LogP contribution in [0.4, 0.5) is 0 Å². The number of carbonyl (C=O) groups excluding carboxylic acids is 1. The maximum absolute atomic E-state index is 8.81. The van der Waals surface area contributed by atoms with Gasteiger partial charge in [-0.3, -0.25) is 9.80 Å². The van der Waals surface area contributed by atoms with E-state index in [0.29, 0.717) is 0 Å². The van der Waals surface area contributed by atoms with Crippen LogP contribution in [-0.2, 0) is 4.79 Å². The van der Waals surface area contributed by atoms with E-state index in [0.717, 1.165) is 30.2 Å². The first kappa shape index (κ1) is 17.9. The third kappa shape index (κ3) is 4.79. The molecule has 0 aromatic heterocycles. The van der Waals surface area contributed by atoms with E-state index in [2.05, 4.69) is 23.6 Å². The SMILES string of the molecule is CC(C)C1CC(N2CCN(C3CCCCC3)CC2)C1.CC=O. The molecule has 22 heavy (non-hydrogen) atoms. The number of hydrogen-bond acceptors (Lipinski definition) is 3. The van der Waals surface area contributed by atoms with Crippen molar-refractivity contribution in [1.82, 2.24) is 9.80 Å². The molecule has 1 heterocycles. The molecule has 2 saturated carbocycles. The highest BCUT2D eigenvalue weighted by molar-refractivity contribution is 5.44. The molecule has 0 unspecified atom stereocenters. The third-order valence-corrected chi connectivity index (χ3v) is 6.05. The van der Waals surface area contributed by atoms with Crippen molar-refractivity contribution >= 4 is 6.29 Å². The Hall–Kier alpha value is -0.410. The fraction of sp³-hybridized carbons (Fsp3) is 0.947. The molecule has 3 aliphatic rings. The Balaban J connectivity index is 0.000000545. The average Bonchev–Trinajstić information content (AvgIpc) is 2.48. The Bertz CT molecular complexity index is 311. The lowest BCUT2D eigenvalue weighted by Crippen LogP contribution is -2.56. The molecule has 0 aromatic carbocycles. The first-order valence-corrected chi connectivity index (χ1v) is 9.53. The van der Waals surface area contributed by atoms with Gasteiger partial charge in [-0.1, -0.05) is 33.1 Å². The lowest BCUT2D eigenvalue weighted by atomic mass is 9.73. The van der Waals surface area contributed by atoms with Gasteiger partial charge in [0.15, 0.2) is 0 Å². The third-order valence-electron chi connectivity index (χ3n) is 6.05. The van der Waals surface area contributed by atoms with E-state index in [1.807, 2.05) is 0 Å². The van der Waals surface area contributed by atoms with Crippen molar-refractivity contribution in [3.05, 3.63) is 0 Å². The van der Waals surface area contributed by atoms with Gasteiger partial charge in [-0.2, -0.15) is 0 Å². The Morgan fingerprint density at radius 1 is 0.864 bits per heavy atom. The van der Waals surface area contributed by atoms with Crippen molar-refractivity contribution in [2.45, 2.75) is 77.8 Å². The van der Waals surface area contributed by atoms with E-state index in [1.54, 1.807) is 0 Å². The highest BCUT2D eigenvalue weighted by Crippen LogP contribution is 2.37. The lowest BCUT2D eigenvalue weighted by Gasteiger charge is -2.49. The van der Waals surface area contributed by atoms with Gasteiger partial charge < -0.3 is 4.79 Å². The zero-order valence-corrected chi connectivity index (χ0v) is 15.0. The summed E-state index contributed by atoms with van der Waals surface area (Å²) in [6.45, 7) is 11.6. The molecule has 0 spiro atoms. The van der Waals surface area contributed by atoms with Crippen LogP contribution in [-0.4, -0.2) is 54.3 Å². The predicted octanol–water partition coefficient (Wildman–Crippen LogP) is 3.58. The summed E-state index contributed by atoms with van der Waals surface area (Å²) in [7, 11) is 0. The van der Waals surface area contributed by atoms with Crippen molar-refractivity contribution in [3.63, 3.8) is 0 Å². The van der Waals surface area contributed by atoms with Crippen LogP contribution >= 0.6 is 0 Å². The first-order valence-electron chi connectivity index (χ1n) is 9.53. The van der Waals surface area contributed by atoms with E-state index in [4.69, 9.17) is 4.79 Å². The van der Waals surface area contributed by atoms with Crippen molar-refractivity contribution in [2.24, 2.45) is 11.8 Å². The Morgan fingerprint density at radius 2 is 1.32 bits per heavy atom. The Morgan fingerprint density at radius 3 is 1.77 bits per heavy atom. The summed E-state index contributed by atoms with van der Waals surface area (Å²) in [6.07, 6.45) is 11.1. The van der Waals surface area contributed by atoms with E-state index >= 15 is 0 Å². The second-order valence-electron chi connectivity index (χ2n) is 7.73. The van der Waals surface area contributed by atoms with Crippen molar-refractivity contribution in [3.8, 4) is 0 Å². The summed E-state index contributed by atoms with van der Waals surface area (Å²) >= 11 is 0. The van der Waals surface area contributed by atoms with Gasteiger partial charge in [-0.05, 0) is 44.4 Å². The monoisotopic (exact) mass is 308 g/mol. The van der Waals surface area contributed by atoms with Crippen LogP contribution in [0.3, 0.4) is 0 Å². The lowest BCUT2D eigenvalue weighted by molar-refractivity contribution is -0.106. The molecule has 3 nitrogen and oxygen atoms in total. The van der Waals surface area contributed by atoms with Gasteiger partial charge in [0, 0.05) is 38.3 Å². The van der Waals surface area contributed by atoms with Crippen LogP contribution in [0.1, 0.15) is 65.7 Å². The minimum Gasteiger partial charge on any atom is -0.304 e. The number of aldehydes is 1. The van der Waals surface area contributed by atoms with Gasteiger partial charge in [0.1, 0.15) is 6.29 Å². The summed E-state index contributed by atoms with van der Waals surface area (Å²) in [6, 6.07) is 1.86. The largest absolute Gasteiger partial charge is 0.304 e. The number of carbonyl (C=O) groups is 1. The molecule has 3 rings (SSSR count). The maximum atomic E-state index is 8.81. The summed E-state index contributed by atoms with van der Waals surface area (Å²) in [4.78, 5) is 14.4. The van der Waals surface area contributed by atoms with Crippen molar-refractivity contribution < 1.29 is 4.79 Å². The molecule has 0 bridgehead atoms. The topological polar surface area (TPSA) is 23.6 Å². The van der Waals surface area contributed by atoms with Crippen LogP contribution in [0.5, 0.6) is 0 Å². The van der Waals surface area contributed by atoms with Crippen LogP contribution < -0.4 is 0 Å². The average molecular weight is 309 g/mol. The van der Waals surface area contributed by atoms with E-state index in [-0.39, 0.29) is 0 Å². The van der Waals surface area contributed by atoms with Gasteiger partial charge in [0.05, 0.1) is 0 Å². The van der Waals surface area contributed by atoms with Gasteiger partial charge in [-0.15, -0.1) is 0 Å². The molecule has 0 aromatic rings. The van der Waals surface area contributed by atoms with Gasteiger partial charge >= 0.3 is 0 Å². The summed E-state index contributed by atoms with van der Waals surface area (Å²) in [5, 5.41) is 0. The summed E-state index contributed by atoms with van der Waals surface area (Å²) in [5.74, 6) is 1.92. The van der Waals surface area contributed by atoms with Gasteiger partial charge in [0.2, 0.25) is 0 Å². The predicted molar refractivity (Wildman–Crippen MR) is 93.1 cm³/mol. The Kier molecular flexibility index (Phi) is 7.36. The molecule has 1 saturated heterocycles. The maximum Gasteiger partial charge on any atom is 0.116 e. The van der Waals surface area contributed by atoms with E-state index in [9.17, 15) is 0 Å². The molecular formula is C19H36N2O. The highest BCUT2D eigenvalue weighted by atomic mass is 16.1. The first-order chi connectivity index (χ1) is 10.7. The molecule has 0 N–H and O–H groups in total. The normalized spacial score (nSPS) is 31.3.